The molecule has 0 spiro atoms. The van der Waals surface area contributed by atoms with Crippen molar-refractivity contribution in [2.24, 2.45) is 5.92 Å². The Labute approximate surface area is 97.8 Å². The zero-order chi connectivity index (χ0) is 12.2. The number of likely N-dealkylation sites (N-methyl/N-ethyl adjacent to an activating group) is 1. The van der Waals surface area contributed by atoms with Crippen LogP contribution in [-0.2, 0) is 4.79 Å². The first-order chi connectivity index (χ1) is 7.53. The zero-order valence-corrected chi connectivity index (χ0v) is 10.5. The summed E-state index contributed by atoms with van der Waals surface area (Å²) in [5.74, 6) is 0.285. The fourth-order valence-corrected chi connectivity index (χ4v) is 2.32. The third-order valence-corrected chi connectivity index (χ3v) is 3.58. The fourth-order valence-electron chi connectivity index (χ4n) is 2.32. The first kappa shape index (κ1) is 13.5. The van der Waals surface area contributed by atoms with Crippen LogP contribution < -0.4 is 10.6 Å². The highest BCUT2D eigenvalue weighted by Gasteiger charge is 2.35. The van der Waals surface area contributed by atoms with Gasteiger partial charge in [0.15, 0.2) is 0 Å². The van der Waals surface area contributed by atoms with Gasteiger partial charge in [-0.2, -0.15) is 0 Å². The summed E-state index contributed by atoms with van der Waals surface area (Å²) in [7, 11) is 1.88. The number of aliphatic hydroxyl groups is 1. The molecule has 1 fully saturated rings. The third-order valence-electron chi connectivity index (χ3n) is 3.58. The average molecular weight is 228 g/mol. The molecule has 3 N–H and O–H groups in total. The van der Waals surface area contributed by atoms with Crippen molar-refractivity contribution in [3.8, 4) is 0 Å². The predicted octanol–water partition coefficient (Wildman–Crippen LogP) is 0.652. The number of nitrogens with one attached hydrogen (secondary N) is 2. The van der Waals surface area contributed by atoms with E-state index in [1.165, 1.54) is 0 Å². The van der Waals surface area contributed by atoms with Crippen molar-refractivity contribution in [2.45, 2.75) is 51.1 Å². The molecule has 1 aliphatic rings. The van der Waals surface area contributed by atoms with E-state index in [9.17, 15) is 9.90 Å². The van der Waals surface area contributed by atoms with E-state index in [0.29, 0.717) is 0 Å². The number of amides is 1. The highest BCUT2D eigenvalue weighted by molar-refractivity contribution is 5.79. The van der Waals surface area contributed by atoms with Crippen molar-refractivity contribution in [2.75, 3.05) is 13.7 Å². The van der Waals surface area contributed by atoms with Crippen LogP contribution in [0.5, 0.6) is 0 Å². The summed E-state index contributed by atoms with van der Waals surface area (Å²) in [6.45, 7) is 4.11. The summed E-state index contributed by atoms with van der Waals surface area (Å²) < 4.78 is 0. The molecule has 4 nitrogen and oxygen atoms in total. The predicted molar refractivity (Wildman–Crippen MR) is 64.1 cm³/mol. The molecule has 0 atom stereocenters. The van der Waals surface area contributed by atoms with E-state index in [4.69, 9.17) is 0 Å². The smallest absolute Gasteiger partial charge is 0.223 e. The zero-order valence-electron chi connectivity index (χ0n) is 10.5. The van der Waals surface area contributed by atoms with Crippen LogP contribution in [0.1, 0.15) is 39.5 Å². The van der Waals surface area contributed by atoms with Crippen molar-refractivity contribution in [3.05, 3.63) is 0 Å². The minimum absolute atomic E-state index is 0.121. The Morgan fingerprint density at radius 3 is 2.38 bits per heavy atom. The van der Waals surface area contributed by atoms with Crippen molar-refractivity contribution in [1.82, 2.24) is 10.6 Å². The van der Waals surface area contributed by atoms with Crippen LogP contribution in [-0.4, -0.2) is 36.2 Å². The van der Waals surface area contributed by atoms with Gasteiger partial charge < -0.3 is 15.7 Å². The lowest BCUT2D eigenvalue weighted by molar-refractivity contribution is -0.127. The van der Waals surface area contributed by atoms with Gasteiger partial charge in [0.05, 0.1) is 6.61 Å². The molecular weight excluding hydrogens is 204 g/mol. The van der Waals surface area contributed by atoms with Gasteiger partial charge in [0.25, 0.3) is 0 Å². The highest BCUT2D eigenvalue weighted by atomic mass is 16.3. The summed E-state index contributed by atoms with van der Waals surface area (Å²) in [5, 5.41) is 15.5. The SMILES string of the molecule is CNC1(CO)CCC(C(=O)NC(C)C)CC1. The molecule has 0 aliphatic heterocycles. The van der Waals surface area contributed by atoms with Gasteiger partial charge in [-0.3, -0.25) is 4.79 Å². The molecule has 0 radical (unpaired) electrons. The molecule has 0 aromatic carbocycles. The Morgan fingerprint density at radius 1 is 1.44 bits per heavy atom. The lowest BCUT2D eigenvalue weighted by Gasteiger charge is -2.38. The standard InChI is InChI=1S/C12H24N2O2/c1-9(2)14-11(16)10-4-6-12(8-15,13-3)7-5-10/h9-10,13,15H,4-8H2,1-3H3,(H,14,16). The maximum atomic E-state index is 11.8. The molecule has 4 heteroatoms. The topological polar surface area (TPSA) is 61.4 Å². The molecule has 0 aromatic rings. The minimum Gasteiger partial charge on any atom is -0.394 e. The van der Waals surface area contributed by atoms with E-state index in [-0.39, 0.29) is 30.0 Å². The maximum Gasteiger partial charge on any atom is 0.223 e. The summed E-state index contributed by atoms with van der Waals surface area (Å²) in [4.78, 5) is 11.8. The summed E-state index contributed by atoms with van der Waals surface area (Å²) >= 11 is 0. The van der Waals surface area contributed by atoms with Crippen LogP contribution in [0.4, 0.5) is 0 Å². The highest BCUT2D eigenvalue weighted by Crippen LogP contribution is 2.31. The second-order valence-electron chi connectivity index (χ2n) is 5.13. The minimum atomic E-state index is -0.158. The van der Waals surface area contributed by atoms with Crippen LogP contribution in [0.2, 0.25) is 0 Å². The largest absolute Gasteiger partial charge is 0.394 e. The summed E-state index contributed by atoms with van der Waals surface area (Å²) in [5.41, 5.74) is -0.158. The Balaban J connectivity index is 2.45. The molecule has 0 unspecified atom stereocenters. The maximum absolute atomic E-state index is 11.8. The molecule has 16 heavy (non-hydrogen) atoms. The molecule has 0 heterocycles. The second-order valence-corrected chi connectivity index (χ2v) is 5.13. The van der Waals surface area contributed by atoms with Crippen molar-refractivity contribution in [3.63, 3.8) is 0 Å². The van der Waals surface area contributed by atoms with E-state index in [0.717, 1.165) is 25.7 Å². The van der Waals surface area contributed by atoms with Crippen molar-refractivity contribution >= 4 is 5.91 Å². The van der Waals surface area contributed by atoms with Gasteiger partial charge in [-0.15, -0.1) is 0 Å². The Morgan fingerprint density at radius 2 is 2.00 bits per heavy atom. The van der Waals surface area contributed by atoms with Gasteiger partial charge in [-0.05, 0) is 46.6 Å². The van der Waals surface area contributed by atoms with Crippen LogP contribution in [0.15, 0.2) is 0 Å². The molecule has 1 aliphatic carbocycles. The lowest BCUT2D eigenvalue weighted by atomic mass is 9.76. The van der Waals surface area contributed by atoms with Crippen LogP contribution >= 0.6 is 0 Å². The van der Waals surface area contributed by atoms with Gasteiger partial charge in [0.2, 0.25) is 5.91 Å². The molecule has 1 saturated carbocycles. The van der Waals surface area contributed by atoms with Crippen molar-refractivity contribution in [1.29, 1.82) is 0 Å². The monoisotopic (exact) mass is 228 g/mol. The molecule has 1 amide bonds. The van der Waals surface area contributed by atoms with E-state index in [1.54, 1.807) is 0 Å². The first-order valence-electron chi connectivity index (χ1n) is 6.13. The number of carbonyl (C=O) groups is 1. The first-order valence-corrected chi connectivity index (χ1v) is 6.13. The van der Waals surface area contributed by atoms with E-state index in [2.05, 4.69) is 10.6 Å². The molecule has 0 bridgehead atoms. The number of carbonyl (C=O) groups excluding carboxylic acids is 1. The number of hydrogen-bond donors (Lipinski definition) is 3. The van der Waals surface area contributed by atoms with Crippen LogP contribution in [0, 0.1) is 5.92 Å². The van der Waals surface area contributed by atoms with Gasteiger partial charge in [-0.25, -0.2) is 0 Å². The average Bonchev–Trinajstić information content (AvgIpc) is 2.28. The number of rotatable bonds is 4. The number of aliphatic hydroxyl groups excluding tert-OH is 1. The Kier molecular flexibility index (Phi) is 4.74. The second kappa shape index (κ2) is 5.64. The number of hydrogen-bond acceptors (Lipinski definition) is 3. The van der Waals surface area contributed by atoms with Gasteiger partial charge in [0, 0.05) is 17.5 Å². The lowest BCUT2D eigenvalue weighted by Crippen LogP contribution is -2.50. The van der Waals surface area contributed by atoms with E-state index < -0.39 is 0 Å². The summed E-state index contributed by atoms with van der Waals surface area (Å²) in [6.07, 6.45) is 3.46. The van der Waals surface area contributed by atoms with Gasteiger partial charge in [0.1, 0.15) is 0 Å². The third kappa shape index (κ3) is 3.19. The molecule has 0 aromatic heterocycles. The van der Waals surface area contributed by atoms with Gasteiger partial charge >= 0.3 is 0 Å². The van der Waals surface area contributed by atoms with Crippen LogP contribution in [0.25, 0.3) is 0 Å². The van der Waals surface area contributed by atoms with Crippen LogP contribution in [0.3, 0.4) is 0 Å². The molecular formula is C12H24N2O2. The van der Waals surface area contributed by atoms with Crippen molar-refractivity contribution < 1.29 is 9.90 Å². The quantitative estimate of drug-likeness (QED) is 0.662. The molecule has 1 rings (SSSR count). The molecule has 94 valence electrons. The van der Waals surface area contributed by atoms with E-state index in [1.807, 2.05) is 20.9 Å². The fraction of sp³-hybridized carbons (Fsp3) is 0.917. The normalized spacial score (nSPS) is 30.4. The Hall–Kier alpha value is -0.610. The molecule has 0 saturated heterocycles. The Bertz CT molecular complexity index is 227. The van der Waals surface area contributed by atoms with E-state index >= 15 is 0 Å². The summed E-state index contributed by atoms with van der Waals surface area (Å²) in [6, 6.07) is 0.210. The van der Waals surface area contributed by atoms with Gasteiger partial charge in [-0.1, -0.05) is 0 Å².